The molecule has 4 rings (SSSR count). The van der Waals surface area contributed by atoms with Gasteiger partial charge in [0.2, 0.25) is 0 Å². The Hall–Kier alpha value is -2.76. The smallest absolute Gasteiger partial charge is 0.0333 e. The normalized spacial score (nSPS) is 19.4. The number of hydrogen-bond donors (Lipinski definition) is 1. The second kappa shape index (κ2) is 8.95. The zero-order valence-electron chi connectivity index (χ0n) is 15.8. The Labute approximate surface area is 169 Å². The Bertz CT molecular complexity index is 975. The topological polar surface area (TPSA) is 23.9 Å². The van der Waals surface area contributed by atoms with Gasteiger partial charge < -0.3 is 5.41 Å². The third-order valence-corrected chi connectivity index (χ3v) is 6.91. The van der Waals surface area contributed by atoms with Crippen LogP contribution in [-0.2, 0) is 6.42 Å². The van der Waals surface area contributed by atoms with Gasteiger partial charge in [-0.1, -0.05) is 111 Å². The predicted molar refractivity (Wildman–Crippen MR) is 122 cm³/mol. The van der Waals surface area contributed by atoms with E-state index < -0.39 is 0 Å². The van der Waals surface area contributed by atoms with Crippen molar-refractivity contribution in [3.8, 4) is 0 Å². The molecule has 1 nitrogen and oxygen atoms in total. The lowest BCUT2D eigenvalue weighted by Gasteiger charge is -2.31. The van der Waals surface area contributed by atoms with Gasteiger partial charge >= 0.3 is 0 Å². The molecule has 0 spiro atoms. The molecule has 3 aromatic rings. The summed E-state index contributed by atoms with van der Waals surface area (Å²) in [6.07, 6.45) is 5.63. The predicted octanol–water partition coefficient (Wildman–Crippen LogP) is 6.73. The number of benzene rings is 3. The minimum Gasteiger partial charge on any atom is -0.313 e. The van der Waals surface area contributed by atoms with Gasteiger partial charge in [-0.2, -0.15) is 0 Å². The molecule has 3 aromatic carbocycles. The van der Waals surface area contributed by atoms with Gasteiger partial charge in [0.25, 0.3) is 0 Å². The van der Waals surface area contributed by atoms with E-state index >= 15 is 0 Å². The van der Waals surface area contributed by atoms with E-state index in [2.05, 4.69) is 97.1 Å². The summed E-state index contributed by atoms with van der Waals surface area (Å²) < 4.78 is 0. The van der Waals surface area contributed by atoms with E-state index in [-0.39, 0.29) is 0 Å². The Morgan fingerprint density at radius 2 is 1.39 bits per heavy atom. The second-order valence-corrected chi connectivity index (χ2v) is 8.46. The van der Waals surface area contributed by atoms with Crippen LogP contribution in [0.25, 0.3) is 0 Å². The summed E-state index contributed by atoms with van der Waals surface area (Å²) >= 11 is 0. The van der Waals surface area contributed by atoms with E-state index in [1.807, 2.05) is 0 Å². The third-order valence-electron chi connectivity index (χ3n) is 5.30. The first kappa shape index (κ1) is 18.6. The SMILES string of the molecule is N=CCC1=CC(c2ccccc2)=PC(c2ccccc2)C1Cc1ccccc1. The lowest BCUT2D eigenvalue weighted by Crippen LogP contribution is -2.20. The number of hydrogen-bond acceptors (Lipinski definition) is 1. The van der Waals surface area contributed by atoms with E-state index in [0.717, 1.165) is 6.42 Å². The van der Waals surface area contributed by atoms with E-state index in [1.54, 1.807) is 6.21 Å². The molecule has 0 amide bonds. The fourth-order valence-corrected chi connectivity index (χ4v) is 5.56. The average Bonchev–Trinajstić information content (AvgIpc) is 2.77. The Morgan fingerprint density at radius 1 is 0.786 bits per heavy atom. The summed E-state index contributed by atoms with van der Waals surface area (Å²) in [6.45, 7) is 0. The summed E-state index contributed by atoms with van der Waals surface area (Å²) in [5.41, 5.74) is 5.80. The fourth-order valence-electron chi connectivity index (χ4n) is 3.93. The van der Waals surface area contributed by atoms with Gasteiger partial charge in [-0.05, 0) is 35.2 Å². The zero-order valence-corrected chi connectivity index (χ0v) is 16.7. The van der Waals surface area contributed by atoms with Crippen molar-refractivity contribution in [2.45, 2.75) is 18.5 Å². The summed E-state index contributed by atoms with van der Waals surface area (Å²) in [5.74, 6) is 0.403. The second-order valence-electron chi connectivity index (χ2n) is 7.16. The highest BCUT2D eigenvalue weighted by Crippen LogP contribution is 2.46. The van der Waals surface area contributed by atoms with E-state index in [9.17, 15) is 0 Å². The van der Waals surface area contributed by atoms with E-state index in [0.29, 0.717) is 18.0 Å². The van der Waals surface area contributed by atoms with Crippen molar-refractivity contribution >= 4 is 19.7 Å². The largest absolute Gasteiger partial charge is 0.313 e. The quantitative estimate of drug-likeness (QED) is 0.361. The van der Waals surface area contributed by atoms with Crippen LogP contribution in [0.2, 0.25) is 0 Å². The highest BCUT2D eigenvalue weighted by molar-refractivity contribution is 7.42. The van der Waals surface area contributed by atoms with Crippen LogP contribution in [-0.4, -0.2) is 11.5 Å². The highest BCUT2D eigenvalue weighted by atomic mass is 31.1. The summed E-state index contributed by atoms with van der Waals surface area (Å²) in [7, 11) is 1.34. The van der Waals surface area contributed by atoms with Crippen molar-refractivity contribution in [2.75, 3.05) is 0 Å². The number of allylic oxidation sites excluding steroid dienone is 2. The maximum atomic E-state index is 7.77. The lowest BCUT2D eigenvalue weighted by atomic mass is 9.83. The molecular formula is C26H24NP. The van der Waals surface area contributed by atoms with Crippen molar-refractivity contribution in [1.82, 2.24) is 0 Å². The molecule has 1 N–H and O–H groups in total. The van der Waals surface area contributed by atoms with Crippen LogP contribution in [0, 0.1) is 11.3 Å². The van der Waals surface area contributed by atoms with Crippen LogP contribution in [0.4, 0.5) is 0 Å². The molecule has 2 heteroatoms. The molecule has 0 bridgehead atoms. The van der Waals surface area contributed by atoms with Crippen LogP contribution in [0.3, 0.4) is 0 Å². The van der Waals surface area contributed by atoms with Crippen LogP contribution < -0.4 is 0 Å². The van der Waals surface area contributed by atoms with Gasteiger partial charge in [0, 0.05) is 17.4 Å². The first-order valence-electron chi connectivity index (χ1n) is 9.76. The maximum absolute atomic E-state index is 7.77. The molecule has 0 aromatic heterocycles. The Balaban J connectivity index is 1.79. The molecule has 0 aliphatic carbocycles. The molecule has 0 saturated heterocycles. The monoisotopic (exact) mass is 381 g/mol. The van der Waals surface area contributed by atoms with E-state index in [1.165, 1.54) is 35.8 Å². The summed E-state index contributed by atoms with van der Waals surface area (Å²) in [5, 5.41) is 9.13. The molecule has 1 heterocycles. The molecule has 0 saturated carbocycles. The Kier molecular flexibility index (Phi) is 5.95. The van der Waals surface area contributed by atoms with Crippen molar-refractivity contribution in [3.05, 3.63) is 119 Å². The van der Waals surface area contributed by atoms with Crippen LogP contribution in [0.15, 0.2) is 103 Å². The van der Waals surface area contributed by atoms with Gasteiger partial charge in [-0.25, -0.2) is 0 Å². The van der Waals surface area contributed by atoms with Gasteiger partial charge in [0.15, 0.2) is 0 Å². The molecule has 1 aliphatic heterocycles. The van der Waals surface area contributed by atoms with Gasteiger partial charge in [0.05, 0.1) is 0 Å². The zero-order chi connectivity index (χ0) is 19.2. The first-order valence-corrected chi connectivity index (χ1v) is 10.7. The number of rotatable bonds is 6. The van der Waals surface area contributed by atoms with Gasteiger partial charge in [0.1, 0.15) is 0 Å². The molecule has 138 valence electrons. The van der Waals surface area contributed by atoms with E-state index in [4.69, 9.17) is 5.41 Å². The molecule has 1 aliphatic rings. The van der Waals surface area contributed by atoms with Crippen molar-refractivity contribution in [2.24, 2.45) is 5.92 Å². The van der Waals surface area contributed by atoms with Crippen LogP contribution in [0.1, 0.15) is 28.8 Å². The van der Waals surface area contributed by atoms with Crippen LogP contribution >= 0.6 is 8.20 Å². The maximum Gasteiger partial charge on any atom is 0.0333 e. The average molecular weight is 381 g/mol. The van der Waals surface area contributed by atoms with Gasteiger partial charge in [-0.3, -0.25) is 0 Å². The van der Waals surface area contributed by atoms with Crippen molar-refractivity contribution in [3.63, 3.8) is 0 Å². The molecule has 28 heavy (non-hydrogen) atoms. The third kappa shape index (κ3) is 4.21. The Morgan fingerprint density at radius 3 is 2.04 bits per heavy atom. The molecule has 2 atom stereocenters. The molecule has 0 radical (unpaired) electrons. The standard InChI is InChI=1S/C26H24NP/c27-17-16-23-19-25(21-12-6-2-7-13-21)28-26(22-14-8-3-9-15-22)24(23)18-20-10-4-1-5-11-20/h1-15,17,19,24,26-27H,16,18H2. The van der Waals surface area contributed by atoms with Gasteiger partial charge in [-0.15, -0.1) is 0 Å². The minimum absolute atomic E-state index is 0.400. The lowest BCUT2D eigenvalue weighted by molar-refractivity contribution is 0.585. The molecule has 0 fully saturated rings. The summed E-state index contributed by atoms with van der Waals surface area (Å²) in [6, 6.07) is 32.3. The molecule has 2 unspecified atom stereocenters. The highest BCUT2D eigenvalue weighted by Gasteiger charge is 2.29. The molecular weight excluding hydrogens is 357 g/mol. The minimum atomic E-state index is 0.400. The van der Waals surface area contributed by atoms with Crippen molar-refractivity contribution in [1.29, 1.82) is 5.41 Å². The van der Waals surface area contributed by atoms with Crippen LogP contribution in [0.5, 0.6) is 0 Å². The first-order chi connectivity index (χ1) is 13.8. The fraction of sp³-hybridized carbons (Fsp3) is 0.154. The number of nitrogens with one attached hydrogen (secondary N) is 1. The van der Waals surface area contributed by atoms with Crippen molar-refractivity contribution < 1.29 is 0 Å². The summed E-state index contributed by atoms with van der Waals surface area (Å²) in [4.78, 5) is 0.